The predicted octanol–water partition coefficient (Wildman–Crippen LogP) is -1.07. The van der Waals surface area contributed by atoms with Crippen LogP contribution >= 0.6 is 0 Å². The third-order valence-corrected chi connectivity index (χ3v) is 4.88. The Balaban J connectivity index is 2.59. The lowest BCUT2D eigenvalue weighted by atomic mass is 9.58. The van der Waals surface area contributed by atoms with Gasteiger partial charge in [-0.1, -0.05) is 0 Å². The molecule has 0 aromatic rings. The smallest absolute Gasteiger partial charge is 0.392 e. The lowest BCUT2D eigenvalue weighted by molar-refractivity contribution is -0.552. The van der Waals surface area contributed by atoms with Crippen LogP contribution < -0.4 is 0 Å². The number of nitrogens with zero attached hydrogens (tertiary/aromatic N) is 2. The van der Waals surface area contributed by atoms with Gasteiger partial charge in [-0.2, -0.15) is 0 Å². The maximum atomic E-state index is 12.6. The highest BCUT2D eigenvalue weighted by molar-refractivity contribution is 6.14. The zero-order valence-electron chi connectivity index (χ0n) is 13.3. The summed E-state index contributed by atoms with van der Waals surface area (Å²) >= 11 is 0. The molecule has 2 aliphatic carbocycles. The summed E-state index contributed by atoms with van der Waals surface area (Å²) in [7, 11) is 1.70. The van der Waals surface area contributed by atoms with Crippen LogP contribution in [0.5, 0.6) is 0 Å². The molecule has 4 atom stereocenters. The Labute approximate surface area is 139 Å². The summed E-state index contributed by atoms with van der Waals surface area (Å²) in [5, 5.41) is 22.9. The van der Waals surface area contributed by atoms with Crippen molar-refractivity contribution in [2.45, 2.75) is 30.3 Å². The number of ether oxygens (including phenoxy) is 2. The van der Waals surface area contributed by atoms with Crippen molar-refractivity contribution in [3.8, 4) is 0 Å². The number of nitro groups is 2. The van der Waals surface area contributed by atoms with E-state index in [9.17, 15) is 39.4 Å². The van der Waals surface area contributed by atoms with E-state index >= 15 is 0 Å². The van der Waals surface area contributed by atoms with Crippen LogP contribution in [-0.2, 0) is 28.7 Å². The van der Waals surface area contributed by atoms with Gasteiger partial charge in [-0.05, 0) is 6.42 Å². The molecule has 0 spiro atoms. The summed E-state index contributed by atoms with van der Waals surface area (Å²) in [5.41, 5.74) is -5.62. The number of Topliss-reactive ketones (excluding diaryl/α,β-unsaturated/α-hetero) is 2. The van der Waals surface area contributed by atoms with Gasteiger partial charge in [0.15, 0.2) is 0 Å². The van der Waals surface area contributed by atoms with Crippen LogP contribution in [0, 0.1) is 32.1 Å². The molecular formula is C13H14N2O10. The molecule has 2 fully saturated rings. The van der Waals surface area contributed by atoms with E-state index in [4.69, 9.17) is 0 Å². The fourth-order valence-corrected chi connectivity index (χ4v) is 3.68. The fraction of sp³-hybridized carbons (Fsp3) is 0.692. The summed E-state index contributed by atoms with van der Waals surface area (Å²) in [5.74, 6) is -8.10. The van der Waals surface area contributed by atoms with Gasteiger partial charge >= 0.3 is 23.0 Å². The van der Waals surface area contributed by atoms with Crippen LogP contribution in [0.4, 0.5) is 0 Å². The van der Waals surface area contributed by atoms with E-state index in [1.807, 2.05) is 0 Å². The van der Waals surface area contributed by atoms with E-state index in [2.05, 4.69) is 9.47 Å². The van der Waals surface area contributed by atoms with Gasteiger partial charge < -0.3 is 9.47 Å². The van der Waals surface area contributed by atoms with Crippen LogP contribution in [0.1, 0.15) is 19.3 Å². The zero-order chi connectivity index (χ0) is 19.2. The average molecular weight is 358 g/mol. The minimum atomic E-state index is -2.81. The molecule has 12 heteroatoms. The summed E-state index contributed by atoms with van der Waals surface area (Å²) in [6.07, 6.45) is -2.00. The number of hydrogen-bond acceptors (Lipinski definition) is 10. The summed E-state index contributed by atoms with van der Waals surface area (Å²) in [6.45, 7) is 0. The maximum Gasteiger partial charge on any atom is 0.392 e. The van der Waals surface area contributed by atoms with Gasteiger partial charge in [-0.15, -0.1) is 0 Å². The number of carbonyl (C=O) groups is 4. The van der Waals surface area contributed by atoms with Crippen molar-refractivity contribution in [1.82, 2.24) is 0 Å². The molecule has 2 rings (SSSR count). The van der Waals surface area contributed by atoms with E-state index < -0.39 is 69.1 Å². The zero-order valence-corrected chi connectivity index (χ0v) is 13.3. The van der Waals surface area contributed by atoms with Crippen molar-refractivity contribution in [2.75, 3.05) is 14.2 Å². The standard InChI is InChI=1S/C13H14N2O10/c1-24-10(18)12(14(20)21)4-6-3-7(8(12)16)5-13(9(6)17,15(22)23)11(19)25-2/h6-7H,3-5H2,1-2H3. The highest BCUT2D eigenvalue weighted by Crippen LogP contribution is 2.47. The highest BCUT2D eigenvalue weighted by Gasteiger charge is 2.74. The molecule has 2 saturated carbocycles. The van der Waals surface area contributed by atoms with Crippen molar-refractivity contribution < 1.29 is 38.5 Å². The Kier molecular flexibility index (Phi) is 4.32. The molecule has 0 aromatic heterocycles. The number of hydrogen-bond donors (Lipinski definition) is 0. The summed E-state index contributed by atoms with van der Waals surface area (Å²) < 4.78 is 8.71. The van der Waals surface area contributed by atoms with Crippen LogP contribution in [-0.4, -0.2) is 58.6 Å². The monoisotopic (exact) mass is 358 g/mol. The molecule has 0 saturated heterocycles. The van der Waals surface area contributed by atoms with Gasteiger partial charge in [-0.3, -0.25) is 29.8 Å². The third-order valence-electron chi connectivity index (χ3n) is 4.88. The molecule has 0 amide bonds. The van der Waals surface area contributed by atoms with Gasteiger partial charge in [0.1, 0.15) is 0 Å². The number of rotatable bonds is 4. The minimum Gasteiger partial charge on any atom is -0.463 e. The molecule has 4 unspecified atom stereocenters. The van der Waals surface area contributed by atoms with Crippen molar-refractivity contribution in [2.24, 2.45) is 11.8 Å². The van der Waals surface area contributed by atoms with Crippen molar-refractivity contribution >= 4 is 23.5 Å². The Morgan fingerprint density at radius 1 is 0.920 bits per heavy atom. The topological polar surface area (TPSA) is 173 Å². The molecule has 0 aliphatic heterocycles. The number of carbonyl (C=O) groups excluding carboxylic acids is 4. The second kappa shape index (κ2) is 5.86. The fourth-order valence-electron chi connectivity index (χ4n) is 3.68. The molecule has 2 aliphatic rings. The molecule has 0 N–H and O–H groups in total. The first kappa shape index (κ1) is 18.4. The van der Waals surface area contributed by atoms with Gasteiger partial charge in [0.25, 0.3) is 0 Å². The number of esters is 2. The highest BCUT2D eigenvalue weighted by atomic mass is 16.6. The van der Waals surface area contributed by atoms with Crippen LogP contribution in [0.3, 0.4) is 0 Å². The first-order valence-electron chi connectivity index (χ1n) is 7.14. The largest absolute Gasteiger partial charge is 0.463 e. The summed E-state index contributed by atoms with van der Waals surface area (Å²) in [6, 6.07) is 0. The molecule has 0 radical (unpaired) electrons. The Hall–Kier alpha value is -2.92. The first-order chi connectivity index (χ1) is 11.6. The average Bonchev–Trinajstić information content (AvgIpc) is 2.58. The predicted molar refractivity (Wildman–Crippen MR) is 74.3 cm³/mol. The second-order valence-electron chi connectivity index (χ2n) is 5.98. The molecule has 25 heavy (non-hydrogen) atoms. The lowest BCUT2D eigenvalue weighted by Crippen LogP contribution is -2.69. The van der Waals surface area contributed by atoms with Gasteiger partial charge in [0.05, 0.1) is 14.2 Å². The van der Waals surface area contributed by atoms with E-state index in [1.54, 1.807) is 0 Å². The minimum absolute atomic E-state index is 0.211. The first-order valence-corrected chi connectivity index (χ1v) is 7.14. The van der Waals surface area contributed by atoms with Gasteiger partial charge in [0.2, 0.25) is 11.6 Å². The SMILES string of the molecule is COC(=O)C1([N+](=O)[O-])CC2CC(CC(C(=O)OC)([N+](=O)[O-])C2=O)C1=O. The number of fused-ring (bicyclic) bond motifs is 2. The van der Waals surface area contributed by atoms with Crippen molar-refractivity contribution in [3.05, 3.63) is 20.2 Å². The molecule has 136 valence electrons. The second-order valence-corrected chi connectivity index (χ2v) is 5.98. The third kappa shape index (κ3) is 2.20. The molecule has 2 bridgehead atoms. The summed E-state index contributed by atoms with van der Waals surface area (Å²) in [4.78, 5) is 69.7. The quantitative estimate of drug-likeness (QED) is 0.260. The van der Waals surface area contributed by atoms with Gasteiger partial charge in [0, 0.05) is 34.5 Å². The Morgan fingerprint density at radius 3 is 1.48 bits per heavy atom. The van der Waals surface area contributed by atoms with Crippen molar-refractivity contribution in [1.29, 1.82) is 0 Å². The van der Waals surface area contributed by atoms with Gasteiger partial charge in [-0.25, -0.2) is 9.59 Å². The lowest BCUT2D eigenvalue weighted by Gasteiger charge is -2.41. The Morgan fingerprint density at radius 2 is 1.24 bits per heavy atom. The number of methoxy groups -OCH3 is 2. The van der Waals surface area contributed by atoms with Crippen LogP contribution in [0.25, 0.3) is 0 Å². The Bertz CT molecular complexity index is 645. The normalized spacial score (nSPS) is 34.2. The van der Waals surface area contributed by atoms with Crippen LogP contribution in [0.15, 0.2) is 0 Å². The maximum absolute atomic E-state index is 12.6. The molecule has 12 nitrogen and oxygen atoms in total. The number of ketones is 2. The van der Waals surface area contributed by atoms with E-state index in [-0.39, 0.29) is 6.42 Å². The molecule has 0 aromatic carbocycles. The van der Waals surface area contributed by atoms with E-state index in [1.165, 1.54) is 0 Å². The molecule has 0 heterocycles. The van der Waals surface area contributed by atoms with E-state index in [0.29, 0.717) is 0 Å². The van der Waals surface area contributed by atoms with Crippen LogP contribution in [0.2, 0.25) is 0 Å². The van der Waals surface area contributed by atoms with E-state index in [0.717, 1.165) is 14.2 Å². The van der Waals surface area contributed by atoms with Crippen molar-refractivity contribution in [3.63, 3.8) is 0 Å². The molecular weight excluding hydrogens is 344 g/mol.